The molecule has 0 aliphatic carbocycles. The van der Waals surface area contributed by atoms with E-state index >= 15 is 0 Å². The summed E-state index contributed by atoms with van der Waals surface area (Å²) >= 11 is 5.78. The summed E-state index contributed by atoms with van der Waals surface area (Å²) in [6.07, 6.45) is 0. The van der Waals surface area contributed by atoms with Gasteiger partial charge in [-0.25, -0.2) is 0 Å². The predicted octanol–water partition coefficient (Wildman–Crippen LogP) is 4.53. The van der Waals surface area contributed by atoms with E-state index in [1.807, 2.05) is 55.5 Å². The Bertz CT molecular complexity index is 480. The van der Waals surface area contributed by atoms with Gasteiger partial charge >= 0.3 is 0 Å². The predicted molar refractivity (Wildman–Crippen MR) is 67.3 cm³/mol. The first-order valence-corrected chi connectivity index (χ1v) is 5.71. The Labute approximate surface area is 101 Å². The normalized spacial score (nSPS) is 10.1. The minimum absolute atomic E-state index is 0.505. The third kappa shape index (κ3) is 2.56. The van der Waals surface area contributed by atoms with Crippen LogP contribution >= 0.6 is 11.6 Å². The van der Waals surface area contributed by atoms with E-state index in [1.54, 1.807) is 0 Å². The van der Waals surface area contributed by atoms with E-state index in [-0.39, 0.29) is 0 Å². The van der Waals surface area contributed by atoms with E-state index in [2.05, 4.69) is 0 Å². The molecule has 2 heteroatoms. The van der Waals surface area contributed by atoms with Crippen LogP contribution in [0.25, 0.3) is 0 Å². The summed E-state index contributed by atoms with van der Waals surface area (Å²) in [5.41, 5.74) is 2.19. The van der Waals surface area contributed by atoms with E-state index < -0.39 is 0 Å². The number of alkyl halides is 1. The van der Waals surface area contributed by atoms with Crippen molar-refractivity contribution in [3.63, 3.8) is 0 Å². The maximum Gasteiger partial charge on any atom is 0.130 e. The van der Waals surface area contributed by atoms with Crippen LogP contribution in [0.2, 0.25) is 0 Å². The Morgan fingerprint density at radius 1 is 1.06 bits per heavy atom. The highest BCUT2D eigenvalue weighted by Gasteiger charge is 2.00. The smallest absolute Gasteiger partial charge is 0.130 e. The molecule has 0 aliphatic rings. The van der Waals surface area contributed by atoms with Crippen LogP contribution in [-0.4, -0.2) is 0 Å². The molecule has 2 rings (SSSR count). The Kier molecular flexibility index (Phi) is 3.47. The van der Waals surface area contributed by atoms with Crippen molar-refractivity contribution in [3.05, 3.63) is 59.7 Å². The van der Waals surface area contributed by atoms with Gasteiger partial charge in [-0.15, -0.1) is 11.6 Å². The molecule has 0 radical (unpaired) electrons. The molecule has 2 aromatic carbocycles. The van der Waals surface area contributed by atoms with Gasteiger partial charge in [0, 0.05) is 5.88 Å². The number of aryl methyl sites for hydroxylation is 1. The number of para-hydroxylation sites is 1. The minimum Gasteiger partial charge on any atom is -0.457 e. The van der Waals surface area contributed by atoms with Crippen LogP contribution < -0.4 is 4.74 Å². The van der Waals surface area contributed by atoms with E-state index in [0.29, 0.717) is 5.88 Å². The number of rotatable bonds is 3. The second-order valence-electron chi connectivity index (χ2n) is 3.65. The van der Waals surface area contributed by atoms with Crippen LogP contribution in [0, 0.1) is 6.92 Å². The van der Waals surface area contributed by atoms with E-state index in [4.69, 9.17) is 16.3 Å². The maximum atomic E-state index is 5.79. The third-order valence-electron chi connectivity index (χ3n) is 2.37. The zero-order valence-corrected chi connectivity index (χ0v) is 9.87. The molecule has 0 bridgehead atoms. The first-order valence-electron chi connectivity index (χ1n) is 5.18. The quantitative estimate of drug-likeness (QED) is 0.707. The molecule has 0 spiro atoms. The van der Waals surface area contributed by atoms with Gasteiger partial charge in [-0.1, -0.05) is 30.3 Å². The Hall–Kier alpha value is -1.47. The second kappa shape index (κ2) is 5.04. The fourth-order valence-electron chi connectivity index (χ4n) is 1.49. The molecule has 0 unspecified atom stereocenters. The highest BCUT2D eigenvalue weighted by molar-refractivity contribution is 6.17. The van der Waals surface area contributed by atoms with E-state index in [0.717, 1.165) is 22.6 Å². The van der Waals surface area contributed by atoms with Crippen LogP contribution in [0.3, 0.4) is 0 Å². The highest BCUT2D eigenvalue weighted by Crippen LogP contribution is 2.25. The van der Waals surface area contributed by atoms with Gasteiger partial charge in [0.1, 0.15) is 11.5 Å². The lowest BCUT2D eigenvalue weighted by Gasteiger charge is -2.08. The molecule has 16 heavy (non-hydrogen) atoms. The SMILES string of the molecule is Cc1ccccc1Oc1cccc(CCl)c1. The minimum atomic E-state index is 0.505. The lowest BCUT2D eigenvalue weighted by atomic mass is 10.2. The van der Waals surface area contributed by atoms with Crippen molar-refractivity contribution in [1.82, 2.24) is 0 Å². The van der Waals surface area contributed by atoms with E-state index in [9.17, 15) is 0 Å². The molecule has 0 N–H and O–H groups in total. The summed E-state index contributed by atoms with van der Waals surface area (Å²) in [7, 11) is 0. The standard InChI is InChI=1S/C14H13ClO/c1-11-5-2-3-8-14(11)16-13-7-4-6-12(9-13)10-15/h2-9H,10H2,1H3. The Morgan fingerprint density at radius 2 is 1.88 bits per heavy atom. The van der Waals surface area contributed by atoms with Crippen molar-refractivity contribution in [3.8, 4) is 11.5 Å². The van der Waals surface area contributed by atoms with Crippen molar-refractivity contribution >= 4 is 11.6 Å². The van der Waals surface area contributed by atoms with Crippen molar-refractivity contribution in [2.45, 2.75) is 12.8 Å². The van der Waals surface area contributed by atoms with Crippen molar-refractivity contribution < 1.29 is 4.74 Å². The molecule has 82 valence electrons. The fraction of sp³-hybridized carbons (Fsp3) is 0.143. The monoisotopic (exact) mass is 232 g/mol. The largest absolute Gasteiger partial charge is 0.457 e. The van der Waals surface area contributed by atoms with Gasteiger partial charge in [0.15, 0.2) is 0 Å². The molecule has 0 saturated heterocycles. The molecule has 0 aliphatic heterocycles. The first kappa shape index (κ1) is 11.0. The second-order valence-corrected chi connectivity index (χ2v) is 3.92. The zero-order chi connectivity index (χ0) is 11.4. The number of benzene rings is 2. The number of halogens is 1. The summed E-state index contributed by atoms with van der Waals surface area (Å²) in [5.74, 6) is 2.21. The molecule has 0 heterocycles. The molecule has 1 nitrogen and oxygen atoms in total. The average Bonchev–Trinajstić information content (AvgIpc) is 2.32. The highest BCUT2D eigenvalue weighted by atomic mass is 35.5. The summed E-state index contributed by atoms with van der Waals surface area (Å²) in [6.45, 7) is 2.03. The van der Waals surface area contributed by atoms with Crippen molar-refractivity contribution in [1.29, 1.82) is 0 Å². The number of hydrogen-bond donors (Lipinski definition) is 0. The molecular weight excluding hydrogens is 220 g/mol. The number of hydrogen-bond acceptors (Lipinski definition) is 1. The molecule has 0 aromatic heterocycles. The molecule has 2 aromatic rings. The number of ether oxygens (including phenoxy) is 1. The fourth-order valence-corrected chi connectivity index (χ4v) is 1.66. The molecular formula is C14H13ClO. The lowest BCUT2D eigenvalue weighted by molar-refractivity contribution is 0.478. The van der Waals surface area contributed by atoms with Gasteiger partial charge in [-0.05, 0) is 36.2 Å². The van der Waals surface area contributed by atoms with Crippen LogP contribution in [0.5, 0.6) is 11.5 Å². The van der Waals surface area contributed by atoms with Gasteiger partial charge < -0.3 is 4.74 Å². The van der Waals surface area contributed by atoms with Crippen molar-refractivity contribution in [2.24, 2.45) is 0 Å². The summed E-state index contributed by atoms with van der Waals surface area (Å²) in [5, 5.41) is 0. The Balaban J connectivity index is 2.24. The average molecular weight is 233 g/mol. The zero-order valence-electron chi connectivity index (χ0n) is 9.11. The molecule has 0 atom stereocenters. The lowest BCUT2D eigenvalue weighted by Crippen LogP contribution is -1.88. The summed E-state index contributed by atoms with van der Waals surface area (Å²) in [4.78, 5) is 0. The molecule has 0 amide bonds. The van der Waals surface area contributed by atoms with Crippen molar-refractivity contribution in [2.75, 3.05) is 0 Å². The molecule has 0 fully saturated rings. The van der Waals surface area contributed by atoms with Gasteiger partial charge in [-0.3, -0.25) is 0 Å². The van der Waals surface area contributed by atoms with Crippen LogP contribution in [0.15, 0.2) is 48.5 Å². The summed E-state index contributed by atoms with van der Waals surface area (Å²) < 4.78 is 5.79. The Morgan fingerprint density at radius 3 is 2.62 bits per heavy atom. The van der Waals surface area contributed by atoms with Gasteiger partial charge in [0.2, 0.25) is 0 Å². The third-order valence-corrected chi connectivity index (χ3v) is 2.68. The van der Waals surface area contributed by atoms with Gasteiger partial charge in [0.05, 0.1) is 0 Å². The van der Waals surface area contributed by atoms with Crippen LogP contribution in [-0.2, 0) is 5.88 Å². The topological polar surface area (TPSA) is 9.23 Å². The van der Waals surface area contributed by atoms with E-state index in [1.165, 1.54) is 0 Å². The molecule has 0 saturated carbocycles. The maximum absolute atomic E-state index is 5.79. The summed E-state index contributed by atoms with van der Waals surface area (Å²) in [6, 6.07) is 15.8. The first-order chi connectivity index (χ1) is 7.79. The van der Waals surface area contributed by atoms with Gasteiger partial charge in [0.25, 0.3) is 0 Å². The van der Waals surface area contributed by atoms with Crippen LogP contribution in [0.4, 0.5) is 0 Å². The van der Waals surface area contributed by atoms with Gasteiger partial charge in [-0.2, -0.15) is 0 Å². The van der Waals surface area contributed by atoms with Crippen LogP contribution in [0.1, 0.15) is 11.1 Å².